The van der Waals surface area contributed by atoms with E-state index in [0.29, 0.717) is 0 Å². The molecule has 0 heterocycles. The number of hydrogen-bond acceptors (Lipinski definition) is 2. The molecule has 1 aliphatic carbocycles. The summed E-state index contributed by atoms with van der Waals surface area (Å²) in [6.45, 7) is 0. The zero-order valence-corrected chi connectivity index (χ0v) is 10.3. The fraction of sp³-hybridized carbons (Fsp3) is 0.538. The van der Waals surface area contributed by atoms with Gasteiger partial charge in [-0.3, -0.25) is 0 Å². The molecule has 3 heteroatoms. The first kappa shape index (κ1) is 11.9. The number of aliphatic hydroxyl groups is 1. The molecule has 2 atom stereocenters. The number of nitrogens with one attached hydrogen (secondary N) is 1. The molecule has 2 N–H and O–H groups in total. The van der Waals surface area contributed by atoms with E-state index < -0.39 is 0 Å². The molecule has 0 bridgehead atoms. The Labute approximate surface area is 102 Å². The summed E-state index contributed by atoms with van der Waals surface area (Å²) in [5.41, 5.74) is 0.655. The maximum Gasteiger partial charge on any atom is 0.0764 e. The molecule has 1 fully saturated rings. The quantitative estimate of drug-likeness (QED) is 0.832. The average Bonchev–Trinajstić information content (AvgIpc) is 2.31. The first-order valence-corrected chi connectivity index (χ1v) is 6.20. The van der Waals surface area contributed by atoms with Crippen LogP contribution in [0.2, 0.25) is 5.02 Å². The van der Waals surface area contributed by atoms with E-state index in [4.69, 9.17) is 11.6 Å². The molecule has 1 unspecified atom stereocenters. The van der Waals surface area contributed by atoms with Crippen LogP contribution in [-0.2, 0) is 5.54 Å². The van der Waals surface area contributed by atoms with E-state index in [2.05, 4.69) is 5.32 Å². The van der Waals surface area contributed by atoms with Crippen molar-refractivity contribution in [3.8, 4) is 0 Å². The molecular weight excluding hydrogens is 222 g/mol. The second-order valence-electron chi connectivity index (χ2n) is 4.46. The molecule has 2 nitrogen and oxygen atoms in total. The maximum absolute atomic E-state index is 10.3. The standard InChI is InChI=1S/C13H18ClNO/c1-15-13(9-5-4-8-12(13)16)10-6-2-3-7-11(10)14/h2-3,6-7,12,15-16H,4-5,8-9H2,1H3/t12?,13-/m1/s1. The summed E-state index contributed by atoms with van der Waals surface area (Å²) in [4.78, 5) is 0. The molecule has 0 saturated heterocycles. The van der Waals surface area contributed by atoms with E-state index in [9.17, 15) is 5.11 Å². The molecule has 1 aromatic carbocycles. The van der Waals surface area contributed by atoms with Crippen molar-refractivity contribution in [2.75, 3.05) is 7.05 Å². The third kappa shape index (κ3) is 1.86. The van der Waals surface area contributed by atoms with Gasteiger partial charge >= 0.3 is 0 Å². The second-order valence-corrected chi connectivity index (χ2v) is 4.87. The van der Waals surface area contributed by atoms with Crippen LogP contribution < -0.4 is 5.32 Å². The van der Waals surface area contributed by atoms with Crippen molar-refractivity contribution in [2.24, 2.45) is 0 Å². The molecule has 0 aliphatic heterocycles. The Kier molecular flexibility index (Phi) is 3.53. The van der Waals surface area contributed by atoms with E-state index in [0.717, 1.165) is 36.3 Å². The molecule has 0 spiro atoms. The smallest absolute Gasteiger partial charge is 0.0764 e. The minimum atomic E-state index is -0.364. The summed E-state index contributed by atoms with van der Waals surface area (Å²) < 4.78 is 0. The van der Waals surface area contributed by atoms with Crippen molar-refractivity contribution < 1.29 is 5.11 Å². The minimum Gasteiger partial charge on any atom is -0.391 e. The summed E-state index contributed by atoms with van der Waals surface area (Å²) in [7, 11) is 1.90. The van der Waals surface area contributed by atoms with Crippen LogP contribution in [0.4, 0.5) is 0 Å². The van der Waals surface area contributed by atoms with Crippen molar-refractivity contribution in [3.63, 3.8) is 0 Å². The third-order valence-electron chi connectivity index (χ3n) is 3.67. The number of halogens is 1. The van der Waals surface area contributed by atoms with Gasteiger partial charge in [0, 0.05) is 5.02 Å². The second kappa shape index (κ2) is 4.74. The van der Waals surface area contributed by atoms with Gasteiger partial charge in [0.05, 0.1) is 11.6 Å². The van der Waals surface area contributed by atoms with E-state index >= 15 is 0 Å². The van der Waals surface area contributed by atoms with Gasteiger partial charge in [0.1, 0.15) is 0 Å². The first-order chi connectivity index (χ1) is 7.70. The van der Waals surface area contributed by atoms with Crippen LogP contribution in [0.1, 0.15) is 31.2 Å². The van der Waals surface area contributed by atoms with Crippen LogP contribution in [0.5, 0.6) is 0 Å². The van der Waals surface area contributed by atoms with Crippen LogP contribution in [0.25, 0.3) is 0 Å². The third-order valence-corrected chi connectivity index (χ3v) is 4.00. The summed E-state index contributed by atoms with van der Waals surface area (Å²) in [5, 5.41) is 14.3. The Morgan fingerprint density at radius 1 is 1.38 bits per heavy atom. The van der Waals surface area contributed by atoms with Gasteiger partial charge in [-0.25, -0.2) is 0 Å². The fourth-order valence-corrected chi connectivity index (χ4v) is 3.02. The van der Waals surface area contributed by atoms with Crippen molar-refractivity contribution >= 4 is 11.6 Å². The van der Waals surface area contributed by atoms with Crippen molar-refractivity contribution in [1.29, 1.82) is 0 Å². The van der Waals surface area contributed by atoms with Crippen molar-refractivity contribution in [3.05, 3.63) is 34.9 Å². The van der Waals surface area contributed by atoms with Gasteiger partial charge in [0.2, 0.25) is 0 Å². The molecule has 0 amide bonds. The lowest BCUT2D eigenvalue weighted by molar-refractivity contribution is 0.0253. The normalized spacial score (nSPS) is 30.3. The lowest BCUT2D eigenvalue weighted by Gasteiger charge is -2.42. The van der Waals surface area contributed by atoms with Crippen molar-refractivity contribution in [2.45, 2.75) is 37.3 Å². The Hall–Kier alpha value is -0.570. The topological polar surface area (TPSA) is 32.3 Å². The number of rotatable bonds is 2. The van der Waals surface area contributed by atoms with E-state index in [1.165, 1.54) is 0 Å². The number of likely N-dealkylation sites (N-methyl/N-ethyl adjacent to an activating group) is 1. The van der Waals surface area contributed by atoms with Crippen LogP contribution >= 0.6 is 11.6 Å². The molecule has 88 valence electrons. The lowest BCUT2D eigenvalue weighted by Crippen LogP contribution is -2.52. The highest BCUT2D eigenvalue weighted by Gasteiger charge is 2.41. The Bertz CT molecular complexity index is 369. The van der Waals surface area contributed by atoms with Gasteiger partial charge in [0.25, 0.3) is 0 Å². The highest BCUT2D eigenvalue weighted by molar-refractivity contribution is 6.31. The Morgan fingerprint density at radius 3 is 2.75 bits per heavy atom. The van der Waals surface area contributed by atoms with Gasteiger partial charge in [-0.05, 0) is 31.5 Å². The predicted molar refractivity (Wildman–Crippen MR) is 66.7 cm³/mol. The Morgan fingerprint density at radius 2 is 2.12 bits per heavy atom. The molecule has 0 aromatic heterocycles. The van der Waals surface area contributed by atoms with Gasteiger partial charge in [0.15, 0.2) is 0 Å². The highest BCUT2D eigenvalue weighted by Crippen LogP contribution is 2.39. The first-order valence-electron chi connectivity index (χ1n) is 5.83. The van der Waals surface area contributed by atoms with Crippen LogP contribution in [0.15, 0.2) is 24.3 Å². The summed E-state index contributed by atoms with van der Waals surface area (Å²) in [6, 6.07) is 7.79. The molecule has 1 aromatic rings. The minimum absolute atomic E-state index is 0.355. The summed E-state index contributed by atoms with van der Waals surface area (Å²) in [6.07, 6.45) is 3.64. The average molecular weight is 240 g/mol. The highest BCUT2D eigenvalue weighted by atomic mass is 35.5. The van der Waals surface area contributed by atoms with E-state index in [1.807, 2.05) is 31.3 Å². The SMILES string of the molecule is CN[C@@]1(c2ccccc2Cl)CCCCC1O. The van der Waals surface area contributed by atoms with Crippen LogP contribution in [0.3, 0.4) is 0 Å². The number of hydrogen-bond donors (Lipinski definition) is 2. The zero-order chi connectivity index (χ0) is 11.6. The predicted octanol–water partition coefficient (Wildman–Crippen LogP) is 2.69. The van der Waals surface area contributed by atoms with Gasteiger partial charge in [-0.2, -0.15) is 0 Å². The van der Waals surface area contributed by atoms with Gasteiger partial charge < -0.3 is 10.4 Å². The van der Waals surface area contributed by atoms with E-state index in [-0.39, 0.29) is 11.6 Å². The number of aliphatic hydroxyl groups excluding tert-OH is 1. The lowest BCUT2D eigenvalue weighted by atomic mass is 9.74. The molecule has 2 rings (SSSR count). The fourth-order valence-electron chi connectivity index (χ4n) is 2.72. The summed E-state index contributed by atoms with van der Waals surface area (Å²) in [5.74, 6) is 0. The molecule has 16 heavy (non-hydrogen) atoms. The zero-order valence-electron chi connectivity index (χ0n) is 9.54. The maximum atomic E-state index is 10.3. The van der Waals surface area contributed by atoms with Crippen molar-refractivity contribution in [1.82, 2.24) is 5.32 Å². The van der Waals surface area contributed by atoms with Crippen LogP contribution in [0, 0.1) is 0 Å². The number of benzene rings is 1. The molecule has 0 radical (unpaired) electrons. The molecular formula is C13H18ClNO. The van der Waals surface area contributed by atoms with Gasteiger partial charge in [-0.1, -0.05) is 42.6 Å². The van der Waals surface area contributed by atoms with Gasteiger partial charge in [-0.15, -0.1) is 0 Å². The summed E-state index contributed by atoms with van der Waals surface area (Å²) >= 11 is 6.24. The van der Waals surface area contributed by atoms with E-state index in [1.54, 1.807) is 0 Å². The Balaban J connectivity index is 2.44. The monoisotopic (exact) mass is 239 g/mol. The van der Waals surface area contributed by atoms with Crippen LogP contribution in [-0.4, -0.2) is 18.3 Å². The molecule has 1 saturated carbocycles. The largest absolute Gasteiger partial charge is 0.391 e. The molecule has 1 aliphatic rings.